The molecule has 17 heavy (non-hydrogen) atoms. The normalized spacial score (nSPS) is 19.4. The largest absolute Gasteiger partial charge is 0.483 e. The van der Waals surface area contributed by atoms with Gasteiger partial charge in [-0.3, -0.25) is 0 Å². The lowest BCUT2D eigenvalue weighted by atomic mass is 10.2. The minimum absolute atomic E-state index is 0.550. The minimum Gasteiger partial charge on any atom is -0.483 e. The summed E-state index contributed by atoms with van der Waals surface area (Å²) in [6, 6.07) is 5.54. The lowest BCUT2D eigenvalue weighted by Gasteiger charge is -2.32. The predicted octanol–water partition coefficient (Wildman–Crippen LogP) is 1.67. The van der Waals surface area contributed by atoms with E-state index in [4.69, 9.17) is 16.3 Å². The van der Waals surface area contributed by atoms with Crippen molar-refractivity contribution in [3.8, 4) is 5.75 Å². The Balaban J connectivity index is 1.87. The summed E-state index contributed by atoms with van der Waals surface area (Å²) in [5.74, 6) is 1.81. The molecule has 2 aliphatic heterocycles. The zero-order chi connectivity index (χ0) is 11.7. The molecule has 3 rings (SSSR count). The lowest BCUT2D eigenvalue weighted by molar-refractivity contribution is 0.306. The molecule has 0 spiro atoms. The molecule has 4 nitrogen and oxygen atoms in total. The first kappa shape index (κ1) is 10.9. The monoisotopic (exact) mass is 251 g/mol. The smallest absolute Gasteiger partial charge is 0.146 e. The number of hydrogen-bond donors (Lipinski definition) is 1. The fraction of sp³-hybridized carbons (Fsp3) is 0.417. The van der Waals surface area contributed by atoms with Crippen LogP contribution in [0.15, 0.2) is 23.2 Å². The van der Waals surface area contributed by atoms with Crippen molar-refractivity contribution in [2.24, 2.45) is 4.99 Å². The van der Waals surface area contributed by atoms with E-state index in [1.807, 2.05) is 18.2 Å². The Labute approximate surface area is 105 Å². The molecule has 2 aliphatic rings. The molecule has 0 aliphatic carbocycles. The number of amidine groups is 1. The molecule has 2 heterocycles. The van der Waals surface area contributed by atoms with Gasteiger partial charge in [0.2, 0.25) is 0 Å². The van der Waals surface area contributed by atoms with Gasteiger partial charge in [-0.15, -0.1) is 0 Å². The van der Waals surface area contributed by atoms with E-state index in [1.54, 1.807) is 0 Å². The Morgan fingerprint density at radius 3 is 2.94 bits per heavy atom. The summed E-state index contributed by atoms with van der Waals surface area (Å²) in [6.07, 6.45) is 0. The number of nitrogens with one attached hydrogen (secondary N) is 1. The molecule has 0 aromatic heterocycles. The summed E-state index contributed by atoms with van der Waals surface area (Å²) in [6.45, 7) is 4.52. The Kier molecular flexibility index (Phi) is 2.91. The van der Waals surface area contributed by atoms with Crippen LogP contribution in [-0.2, 0) is 0 Å². The number of fused-ring (bicyclic) bond motifs is 1. The van der Waals surface area contributed by atoms with Crippen LogP contribution in [0.4, 0.5) is 5.69 Å². The molecule has 0 amide bonds. The van der Waals surface area contributed by atoms with E-state index in [0.29, 0.717) is 11.6 Å². The number of nitrogens with zero attached hydrogens (tertiary/aromatic N) is 2. The number of benzene rings is 1. The van der Waals surface area contributed by atoms with Crippen LogP contribution in [0.25, 0.3) is 0 Å². The first-order chi connectivity index (χ1) is 8.33. The number of rotatable bonds is 0. The zero-order valence-electron chi connectivity index (χ0n) is 9.45. The molecule has 1 N–H and O–H groups in total. The van der Waals surface area contributed by atoms with Crippen LogP contribution in [0.3, 0.4) is 0 Å². The van der Waals surface area contributed by atoms with Crippen molar-refractivity contribution in [1.82, 2.24) is 10.2 Å². The summed E-state index contributed by atoms with van der Waals surface area (Å²) < 4.78 is 5.69. The van der Waals surface area contributed by atoms with Crippen LogP contribution >= 0.6 is 11.6 Å². The second-order valence-electron chi connectivity index (χ2n) is 4.17. The minimum atomic E-state index is 0.550. The molecule has 0 saturated carbocycles. The molecule has 0 atom stereocenters. The Morgan fingerprint density at radius 1 is 1.29 bits per heavy atom. The van der Waals surface area contributed by atoms with Crippen molar-refractivity contribution in [2.75, 3.05) is 32.8 Å². The third-order valence-corrected chi connectivity index (χ3v) is 3.24. The maximum Gasteiger partial charge on any atom is 0.146 e. The van der Waals surface area contributed by atoms with Gasteiger partial charge in [-0.2, -0.15) is 0 Å². The van der Waals surface area contributed by atoms with Crippen LogP contribution in [0.2, 0.25) is 5.02 Å². The van der Waals surface area contributed by atoms with Gasteiger partial charge in [0.15, 0.2) is 0 Å². The number of hydrogen-bond acceptors (Lipinski definition) is 4. The molecular formula is C12H14ClN3O. The van der Waals surface area contributed by atoms with E-state index < -0.39 is 0 Å². The number of ether oxygens (including phenoxy) is 1. The quantitative estimate of drug-likeness (QED) is 0.762. The highest BCUT2D eigenvalue weighted by atomic mass is 35.5. The average Bonchev–Trinajstić information content (AvgIpc) is 2.39. The van der Waals surface area contributed by atoms with E-state index >= 15 is 0 Å². The molecule has 5 heteroatoms. The van der Waals surface area contributed by atoms with E-state index in [9.17, 15) is 0 Å². The summed E-state index contributed by atoms with van der Waals surface area (Å²) in [5, 5.41) is 4.02. The van der Waals surface area contributed by atoms with E-state index in [2.05, 4.69) is 15.2 Å². The maximum absolute atomic E-state index is 5.96. The lowest BCUT2D eigenvalue weighted by Crippen LogP contribution is -2.48. The summed E-state index contributed by atoms with van der Waals surface area (Å²) >= 11 is 5.96. The van der Waals surface area contributed by atoms with E-state index in [-0.39, 0.29) is 0 Å². The third kappa shape index (κ3) is 2.23. The van der Waals surface area contributed by atoms with Gasteiger partial charge >= 0.3 is 0 Å². The van der Waals surface area contributed by atoms with Crippen molar-refractivity contribution in [2.45, 2.75) is 0 Å². The first-order valence-electron chi connectivity index (χ1n) is 5.78. The Morgan fingerprint density at radius 2 is 2.12 bits per heavy atom. The molecule has 0 radical (unpaired) electrons. The van der Waals surface area contributed by atoms with Gasteiger partial charge in [0.25, 0.3) is 0 Å². The fourth-order valence-corrected chi connectivity index (χ4v) is 2.26. The first-order valence-corrected chi connectivity index (χ1v) is 6.16. The summed E-state index contributed by atoms with van der Waals surface area (Å²) in [4.78, 5) is 6.90. The van der Waals surface area contributed by atoms with Crippen molar-refractivity contribution in [3.05, 3.63) is 23.2 Å². The average molecular weight is 252 g/mol. The SMILES string of the molecule is Clc1ccc2c(c1)N=C(N1CCNCC1)CO2. The second-order valence-corrected chi connectivity index (χ2v) is 4.60. The third-order valence-electron chi connectivity index (χ3n) is 3.01. The van der Waals surface area contributed by atoms with Gasteiger partial charge in [0.05, 0.1) is 0 Å². The summed E-state index contributed by atoms with van der Waals surface area (Å²) in [5.41, 5.74) is 0.831. The standard InChI is InChI=1S/C12H14ClN3O/c13-9-1-2-11-10(7-9)15-12(8-17-11)16-5-3-14-4-6-16/h1-2,7,14H,3-6,8H2. The predicted molar refractivity (Wildman–Crippen MR) is 68.5 cm³/mol. The van der Waals surface area contributed by atoms with Crippen LogP contribution in [-0.4, -0.2) is 43.5 Å². The highest BCUT2D eigenvalue weighted by Crippen LogP contribution is 2.33. The van der Waals surface area contributed by atoms with Crippen molar-refractivity contribution >= 4 is 23.1 Å². The van der Waals surface area contributed by atoms with Gasteiger partial charge in [0.1, 0.15) is 23.9 Å². The van der Waals surface area contributed by atoms with E-state index in [0.717, 1.165) is 43.5 Å². The highest BCUT2D eigenvalue weighted by Gasteiger charge is 2.19. The number of halogens is 1. The van der Waals surface area contributed by atoms with Crippen LogP contribution in [0.5, 0.6) is 5.75 Å². The maximum atomic E-state index is 5.96. The molecule has 0 unspecified atom stereocenters. The van der Waals surface area contributed by atoms with Crippen molar-refractivity contribution in [1.29, 1.82) is 0 Å². The van der Waals surface area contributed by atoms with Gasteiger partial charge in [-0.1, -0.05) is 11.6 Å². The molecule has 1 aromatic carbocycles. The second kappa shape index (κ2) is 4.55. The Bertz CT molecular complexity index is 455. The Hall–Kier alpha value is -1.26. The van der Waals surface area contributed by atoms with Gasteiger partial charge < -0.3 is 15.0 Å². The molecule has 1 aromatic rings. The summed E-state index contributed by atoms with van der Waals surface area (Å²) in [7, 11) is 0. The van der Waals surface area contributed by atoms with Gasteiger partial charge in [-0.05, 0) is 18.2 Å². The molecular weight excluding hydrogens is 238 g/mol. The highest BCUT2D eigenvalue weighted by molar-refractivity contribution is 6.30. The van der Waals surface area contributed by atoms with Crippen LogP contribution in [0.1, 0.15) is 0 Å². The molecule has 1 saturated heterocycles. The van der Waals surface area contributed by atoms with Crippen molar-refractivity contribution in [3.63, 3.8) is 0 Å². The topological polar surface area (TPSA) is 36.9 Å². The van der Waals surface area contributed by atoms with Crippen molar-refractivity contribution < 1.29 is 4.74 Å². The molecule has 0 bridgehead atoms. The van der Waals surface area contributed by atoms with E-state index in [1.165, 1.54) is 0 Å². The number of piperazine rings is 1. The molecule has 90 valence electrons. The molecule has 1 fully saturated rings. The zero-order valence-corrected chi connectivity index (χ0v) is 10.2. The number of aliphatic imine (C=N–C) groups is 1. The van der Waals surface area contributed by atoms with Gasteiger partial charge in [0, 0.05) is 31.2 Å². The van der Waals surface area contributed by atoms with Gasteiger partial charge in [-0.25, -0.2) is 4.99 Å². The fourth-order valence-electron chi connectivity index (χ4n) is 2.10. The van der Waals surface area contributed by atoms with Crippen LogP contribution < -0.4 is 10.1 Å². The van der Waals surface area contributed by atoms with Crippen LogP contribution in [0, 0.1) is 0 Å².